The Labute approximate surface area is 165 Å². The summed E-state index contributed by atoms with van der Waals surface area (Å²) >= 11 is 0. The van der Waals surface area contributed by atoms with E-state index in [0.717, 1.165) is 24.3 Å². The summed E-state index contributed by atoms with van der Waals surface area (Å²) in [4.78, 5) is 26.0. The molecule has 28 heavy (non-hydrogen) atoms. The molecule has 146 valence electrons. The molecular formula is C23H25NO4. The number of anilines is 1. The first-order chi connectivity index (χ1) is 13.4. The van der Waals surface area contributed by atoms with Gasteiger partial charge in [0, 0.05) is 30.4 Å². The number of hydrogen-bond acceptors (Lipinski definition) is 5. The molecule has 0 aliphatic rings. The number of nitrogens with zero attached hydrogens (tertiary/aromatic N) is 1. The number of aromatic hydroxyl groups is 2. The van der Waals surface area contributed by atoms with Crippen LogP contribution in [-0.4, -0.2) is 34.9 Å². The highest BCUT2D eigenvalue weighted by Crippen LogP contribution is 2.25. The van der Waals surface area contributed by atoms with Crippen LogP contribution in [-0.2, 0) is 9.59 Å². The fraction of sp³-hybridized carbons (Fsp3) is 0.217. The molecule has 5 nitrogen and oxygen atoms in total. The molecule has 2 aromatic carbocycles. The minimum Gasteiger partial charge on any atom is -0.508 e. The molecule has 0 radical (unpaired) electrons. The van der Waals surface area contributed by atoms with Crippen LogP contribution in [0.2, 0.25) is 0 Å². The van der Waals surface area contributed by atoms with Crippen molar-refractivity contribution in [2.45, 2.75) is 20.3 Å². The highest BCUT2D eigenvalue weighted by atomic mass is 16.3. The summed E-state index contributed by atoms with van der Waals surface area (Å²) < 4.78 is 0. The van der Waals surface area contributed by atoms with E-state index < -0.39 is 0 Å². The fourth-order valence-electron chi connectivity index (χ4n) is 2.71. The van der Waals surface area contributed by atoms with Gasteiger partial charge in [-0.1, -0.05) is 18.2 Å². The third kappa shape index (κ3) is 6.13. The molecule has 0 saturated carbocycles. The lowest BCUT2D eigenvalue weighted by atomic mass is 10.1. The predicted octanol–water partition coefficient (Wildman–Crippen LogP) is 4.20. The first-order valence-corrected chi connectivity index (χ1v) is 9.21. The monoisotopic (exact) mass is 379 g/mol. The lowest BCUT2D eigenvalue weighted by molar-refractivity contribution is -0.121. The number of phenols is 2. The highest BCUT2D eigenvalue weighted by molar-refractivity contribution is 6.10. The zero-order valence-corrected chi connectivity index (χ0v) is 16.1. The van der Waals surface area contributed by atoms with Crippen molar-refractivity contribution < 1.29 is 19.8 Å². The molecule has 0 fully saturated rings. The van der Waals surface area contributed by atoms with Crippen molar-refractivity contribution >= 4 is 29.4 Å². The van der Waals surface area contributed by atoms with E-state index in [1.54, 1.807) is 30.3 Å². The van der Waals surface area contributed by atoms with Crippen molar-refractivity contribution in [1.82, 2.24) is 0 Å². The third-order valence-electron chi connectivity index (χ3n) is 4.29. The predicted molar refractivity (Wildman–Crippen MR) is 112 cm³/mol. The molecule has 0 heterocycles. The van der Waals surface area contributed by atoms with Crippen LogP contribution in [0.15, 0.2) is 54.6 Å². The van der Waals surface area contributed by atoms with Gasteiger partial charge in [-0.3, -0.25) is 9.59 Å². The Bertz CT molecular complexity index is 878. The maximum absolute atomic E-state index is 12.0. The van der Waals surface area contributed by atoms with Gasteiger partial charge in [-0.05, 0) is 61.9 Å². The van der Waals surface area contributed by atoms with E-state index in [-0.39, 0.29) is 29.5 Å². The highest BCUT2D eigenvalue weighted by Gasteiger charge is 2.07. The van der Waals surface area contributed by atoms with Crippen LogP contribution in [0.3, 0.4) is 0 Å². The van der Waals surface area contributed by atoms with Gasteiger partial charge in [0.15, 0.2) is 11.6 Å². The van der Waals surface area contributed by atoms with Gasteiger partial charge in [0.25, 0.3) is 0 Å². The van der Waals surface area contributed by atoms with Gasteiger partial charge >= 0.3 is 0 Å². The standard InChI is InChI=1S/C23H25NO4/c1-3-24(4-2)19-10-8-18(23(28)15-19)9-14-22(27)16-21(26)13-7-17-5-11-20(25)12-6-17/h5-15,25,28H,3-4,16H2,1-2H3. The largest absolute Gasteiger partial charge is 0.508 e. The SMILES string of the molecule is CCN(CC)c1ccc(C=CC(=O)CC(=O)C=Cc2ccc(O)cc2)c(O)c1. The molecular weight excluding hydrogens is 354 g/mol. The molecule has 0 aliphatic carbocycles. The van der Waals surface area contributed by atoms with Gasteiger partial charge in [0.2, 0.25) is 0 Å². The lowest BCUT2D eigenvalue weighted by Gasteiger charge is -2.21. The number of phenolic OH excluding ortho intramolecular Hbond substituents is 2. The fourth-order valence-corrected chi connectivity index (χ4v) is 2.71. The second kappa shape index (κ2) is 10.1. The van der Waals surface area contributed by atoms with Crippen LogP contribution in [0.4, 0.5) is 5.69 Å². The molecule has 0 saturated heterocycles. The van der Waals surface area contributed by atoms with Crippen LogP contribution in [0.1, 0.15) is 31.4 Å². The molecule has 0 bridgehead atoms. The summed E-state index contributed by atoms with van der Waals surface area (Å²) in [5.74, 6) is -0.416. The molecule has 2 rings (SSSR count). The molecule has 2 aromatic rings. The summed E-state index contributed by atoms with van der Waals surface area (Å²) in [7, 11) is 0. The average molecular weight is 379 g/mol. The number of rotatable bonds is 9. The molecule has 0 aromatic heterocycles. The summed E-state index contributed by atoms with van der Waals surface area (Å²) in [6.45, 7) is 5.76. The van der Waals surface area contributed by atoms with Gasteiger partial charge in [0.05, 0.1) is 6.42 Å². The summed E-state index contributed by atoms with van der Waals surface area (Å²) in [6.07, 6.45) is 5.51. The van der Waals surface area contributed by atoms with E-state index >= 15 is 0 Å². The summed E-state index contributed by atoms with van der Waals surface area (Å²) in [6, 6.07) is 11.7. The third-order valence-corrected chi connectivity index (χ3v) is 4.29. The first kappa shape index (κ1) is 21.0. The summed E-state index contributed by atoms with van der Waals surface area (Å²) in [5.41, 5.74) is 2.20. The van der Waals surface area contributed by atoms with Gasteiger partial charge in [0.1, 0.15) is 11.5 Å². The topological polar surface area (TPSA) is 77.8 Å². The minimum absolute atomic E-state index is 0.0898. The zero-order valence-electron chi connectivity index (χ0n) is 16.1. The Morgan fingerprint density at radius 2 is 1.50 bits per heavy atom. The molecule has 0 unspecified atom stereocenters. The van der Waals surface area contributed by atoms with Crippen LogP contribution < -0.4 is 4.90 Å². The van der Waals surface area contributed by atoms with Gasteiger partial charge in [-0.2, -0.15) is 0 Å². The van der Waals surface area contributed by atoms with Crippen LogP contribution in [0.25, 0.3) is 12.2 Å². The van der Waals surface area contributed by atoms with E-state index in [1.165, 1.54) is 30.4 Å². The number of ketones is 2. The Hall–Kier alpha value is -3.34. The lowest BCUT2D eigenvalue weighted by Crippen LogP contribution is -2.21. The maximum atomic E-state index is 12.0. The van der Waals surface area contributed by atoms with Crippen molar-refractivity contribution in [2.24, 2.45) is 0 Å². The first-order valence-electron chi connectivity index (χ1n) is 9.21. The second-order valence-electron chi connectivity index (χ2n) is 6.28. The molecule has 0 spiro atoms. The summed E-state index contributed by atoms with van der Waals surface area (Å²) in [5, 5.41) is 19.4. The van der Waals surface area contributed by atoms with E-state index in [2.05, 4.69) is 4.90 Å². The van der Waals surface area contributed by atoms with Crippen molar-refractivity contribution in [3.8, 4) is 11.5 Å². The Morgan fingerprint density at radius 3 is 2.07 bits per heavy atom. The second-order valence-corrected chi connectivity index (χ2v) is 6.28. The minimum atomic E-state index is -0.340. The zero-order chi connectivity index (χ0) is 20.5. The van der Waals surface area contributed by atoms with Crippen LogP contribution >= 0.6 is 0 Å². The van der Waals surface area contributed by atoms with Gasteiger partial charge < -0.3 is 15.1 Å². The molecule has 2 N–H and O–H groups in total. The molecule has 0 amide bonds. The van der Waals surface area contributed by atoms with E-state index in [0.29, 0.717) is 5.56 Å². The van der Waals surface area contributed by atoms with Crippen molar-refractivity contribution in [2.75, 3.05) is 18.0 Å². The molecule has 5 heteroatoms. The molecule has 0 aliphatic heterocycles. The normalized spacial score (nSPS) is 11.2. The van der Waals surface area contributed by atoms with E-state index in [9.17, 15) is 19.8 Å². The van der Waals surface area contributed by atoms with Crippen LogP contribution in [0, 0.1) is 0 Å². The number of allylic oxidation sites excluding steroid dienone is 2. The smallest absolute Gasteiger partial charge is 0.163 e. The van der Waals surface area contributed by atoms with E-state index in [4.69, 9.17) is 0 Å². The maximum Gasteiger partial charge on any atom is 0.163 e. The van der Waals surface area contributed by atoms with Gasteiger partial charge in [-0.25, -0.2) is 0 Å². The Kier molecular flexibility index (Phi) is 7.57. The van der Waals surface area contributed by atoms with Crippen LogP contribution in [0.5, 0.6) is 11.5 Å². The molecule has 0 atom stereocenters. The average Bonchev–Trinajstić information content (AvgIpc) is 2.68. The van der Waals surface area contributed by atoms with Crippen molar-refractivity contribution in [1.29, 1.82) is 0 Å². The number of benzene rings is 2. The van der Waals surface area contributed by atoms with E-state index in [1.807, 2.05) is 19.9 Å². The number of carbonyl (C=O) groups excluding carboxylic acids is 2. The van der Waals surface area contributed by atoms with Crippen molar-refractivity contribution in [3.63, 3.8) is 0 Å². The number of hydrogen-bond donors (Lipinski definition) is 2. The Balaban J connectivity index is 1.95. The van der Waals surface area contributed by atoms with Gasteiger partial charge in [-0.15, -0.1) is 0 Å². The number of carbonyl (C=O) groups is 2. The van der Waals surface area contributed by atoms with Crippen molar-refractivity contribution in [3.05, 3.63) is 65.7 Å². The Morgan fingerprint density at radius 1 is 0.893 bits per heavy atom. The quantitative estimate of drug-likeness (QED) is 0.504.